The molecule has 0 saturated heterocycles. The van der Waals surface area contributed by atoms with Gasteiger partial charge in [-0.15, -0.1) is 11.8 Å². The summed E-state index contributed by atoms with van der Waals surface area (Å²) in [5.74, 6) is 0.369. The second-order valence-electron chi connectivity index (χ2n) is 4.43. The second kappa shape index (κ2) is 8.96. The van der Waals surface area contributed by atoms with E-state index in [1.807, 2.05) is 13.0 Å². The van der Waals surface area contributed by atoms with Gasteiger partial charge < -0.3 is 15.8 Å². The molecule has 1 amide bonds. The minimum Gasteiger partial charge on any atom is -0.383 e. The Morgan fingerprint density at radius 2 is 2.32 bits per heavy atom. The van der Waals surface area contributed by atoms with Crippen LogP contribution in [-0.2, 0) is 16.1 Å². The van der Waals surface area contributed by atoms with Gasteiger partial charge in [-0.25, -0.2) is 0 Å². The number of hydrogen-bond donors (Lipinski definition) is 2. The summed E-state index contributed by atoms with van der Waals surface area (Å²) in [6.07, 6.45) is 0. The smallest absolute Gasteiger partial charge is 0.221 e. The van der Waals surface area contributed by atoms with E-state index in [0.29, 0.717) is 6.61 Å². The van der Waals surface area contributed by atoms with Crippen molar-refractivity contribution in [2.75, 3.05) is 26.0 Å². The van der Waals surface area contributed by atoms with Gasteiger partial charge in [0.2, 0.25) is 5.91 Å². The van der Waals surface area contributed by atoms with Crippen molar-refractivity contribution in [3.8, 4) is 0 Å². The van der Waals surface area contributed by atoms with Gasteiger partial charge >= 0.3 is 0 Å². The van der Waals surface area contributed by atoms with Crippen molar-refractivity contribution in [1.29, 1.82) is 0 Å². The molecule has 0 radical (unpaired) electrons. The van der Waals surface area contributed by atoms with E-state index in [0.717, 1.165) is 18.8 Å². The molecule has 106 valence electrons. The van der Waals surface area contributed by atoms with Crippen molar-refractivity contribution in [2.24, 2.45) is 11.7 Å². The van der Waals surface area contributed by atoms with Gasteiger partial charge in [0, 0.05) is 36.8 Å². The summed E-state index contributed by atoms with van der Waals surface area (Å²) in [6, 6.07) is 8.31. The summed E-state index contributed by atoms with van der Waals surface area (Å²) in [4.78, 5) is 12.1. The highest BCUT2D eigenvalue weighted by Crippen LogP contribution is 2.21. The van der Waals surface area contributed by atoms with Gasteiger partial charge in [-0.1, -0.05) is 19.1 Å². The van der Waals surface area contributed by atoms with E-state index in [9.17, 15) is 4.79 Å². The Bertz CT molecular complexity index is 399. The summed E-state index contributed by atoms with van der Waals surface area (Å²) in [5, 5.41) is 3.30. The third kappa shape index (κ3) is 6.61. The molecule has 0 heterocycles. The highest BCUT2D eigenvalue weighted by Gasteiger charge is 2.08. The zero-order valence-electron chi connectivity index (χ0n) is 11.5. The van der Waals surface area contributed by atoms with Gasteiger partial charge in [0.25, 0.3) is 0 Å². The molecule has 0 aliphatic heterocycles. The van der Waals surface area contributed by atoms with Crippen molar-refractivity contribution in [2.45, 2.75) is 18.4 Å². The first kappa shape index (κ1) is 16.0. The Balaban J connectivity index is 2.41. The zero-order valence-corrected chi connectivity index (χ0v) is 12.3. The van der Waals surface area contributed by atoms with E-state index in [2.05, 4.69) is 23.5 Å². The number of nitrogens with one attached hydrogen (secondary N) is 1. The summed E-state index contributed by atoms with van der Waals surface area (Å²) in [5.41, 5.74) is 6.48. The van der Waals surface area contributed by atoms with Gasteiger partial charge in [-0.3, -0.25) is 4.79 Å². The van der Waals surface area contributed by atoms with Crippen molar-refractivity contribution in [3.63, 3.8) is 0 Å². The van der Waals surface area contributed by atoms with Crippen LogP contribution in [0.4, 0.5) is 0 Å². The summed E-state index contributed by atoms with van der Waals surface area (Å²) < 4.78 is 4.98. The number of rotatable bonds is 9. The fourth-order valence-electron chi connectivity index (χ4n) is 1.46. The monoisotopic (exact) mass is 282 g/mol. The lowest BCUT2D eigenvalue weighted by atomic mass is 10.2. The van der Waals surface area contributed by atoms with E-state index in [-0.39, 0.29) is 11.8 Å². The number of methoxy groups -OCH3 is 1. The molecule has 0 fully saturated rings. The minimum atomic E-state index is -0.245. The number of benzene rings is 1. The lowest BCUT2D eigenvalue weighted by Gasteiger charge is -2.09. The zero-order chi connectivity index (χ0) is 14.1. The number of primary amides is 1. The standard InChI is InChI=1S/C14H22N2O2S/c1-11(14(15)17)10-19-13-5-3-4-12(8-13)9-16-6-7-18-2/h3-5,8,11,16H,6-7,9-10H2,1-2H3,(H2,15,17). The number of nitrogens with two attached hydrogens (primary N) is 1. The Kier molecular flexibility index (Phi) is 7.55. The average molecular weight is 282 g/mol. The molecule has 0 bridgehead atoms. The van der Waals surface area contributed by atoms with Crippen LogP contribution in [0.3, 0.4) is 0 Å². The SMILES string of the molecule is COCCNCc1cccc(SCC(C)C(N)=O)c1. The van der Waals surface area contributed by atoms with E-state index in [4.69, 9.17) is 10.5 Å². The fraction of sp³-hybridized carbons (Fsp3) is 0.500. The minimum absolute atomic E-state index is 0.103. The molecular weight excluding hydrogens is 260 g/mol. The molecule has 4 nitrogen and oxygen atoms in total. The highest BCUT2D eigenvalue weighted by molar-refractivity contribution is 7.99. The molecule has 0 saturated carbocycles. The van der Waals surface area contributed by atoms with Gasteiger partial charge in [0.15, 0.2) is 0 Å². The van der Waals surface area contributed by atoms with Crippen LogP contribution in [0.15, 0.2) is 29.2 Å². The summed E-state index contributed by atoms with van der Waals surface area (Å²) in [7, 11) is 1.69. The first-order valence-electron chi connectivity index (χ1n) is 6.34. The number of hydrogen-bond acceptors (Lipinski definition) is 4. The third-order valence-corrected chi connectivity index (χ3v) is 3.95. The lowest BCUT2D eigenvalue weighted by molar-refractivity contribution is -0.120. The number of carbonyl (C=O) groups excluding carboxylic acids is 1. The molecule has 1 aromatic rings. The van der Waals surface area contributed by atoms with Crippen LogP contribution in [0, 0.1) is 5.92 Å². The second-order valence-corrected chi connectivity index (χ2v) is 5.52. The first-order valence-corrected chi connectivity index (χ1v) is 7.32. The molecule has 0 aromatic heterocycles. The molecule has 1 atom stereocenters. The molecule has 0 spiro atoms. The van der Waals surface area contributed by atoms with Crippen molar-refractivity contribution in [3.05, 3.63) is 29.8 Å². The summed E-state index contributed by atoms with van der Waals surface area (Å²) in [6.45, 7) is 4.23. The molecule has 5 heteroatoms. The van der Waals surface area contributed by atoms with Crippen molar-refractivity contribution >= 4 is 17.7 Å². The van der Waals surface area contributed by atoms with Crippen LogP contribution in [0.5, 0.6) is 0 Å². The van der Waals surface area contributed by atoms with Crippen LogP contribution in [0.1, 0.15) is 12.5 Å². The molecule has 3 N–H and O–H groups in total. The van der Waals surface area contributed by atoms with Gasteiger partial charge in [0.05, 0.1) is 6.61 Å². The quantitative estimate of drug-likeness (QED) is 0.534. The fourth-order valence-corrected chi connectivity index (χ4v) is 2.47. The molecule has 0 aliphatic carbocycles. The highest BCUT2D eigenvalue weighted by atomic mass is 32.2. The van der Waals surface area contributed by atoms with E-state index in [1.165, 1.54) is 10.5 Å². The number of amides is 1. The Hall–Kier alpha value is -1.04. The first-order chi connectivity index (χ1) is 9.13. The van der Waals surface area contributed by atoms with Crippen molar-refractivity contribution < 1.29 is 9.53 Å². The van der Waals surface area contributed by atoms with Crippen LogP contribution in [0.25, 0.3) is 0 Å². The largest absolute Gasteiger partial charge is 0.383 e. The average Bonchev–Trinajstić information content (AvgIpc) is 2.41. The van der Waals surface area contributed by atoms with E-state index < -0.39 is 0 Å². The Morgan fingerprint density at radius 3 is 3.00 bits per heavy atom. The predicted octanol–water partition coefficient (Wildman–Crippen LogP) is 1.64. The number of thioether (sulfide) groups is 1. The maximum atomic E-state index is 11.0. The molecule has 1 unspecified atom stereocenters. The maximum absolute atomic E-state index is 11.0. The van der Waals surface area contributed by atoms with E-state index in [1.54, 1.807) is 18.9 Å². The van der Waals surface area contributed by atoms with Gasteiger partial charge in [-0.2, -0.15) is 0 Å². The maximum Gasteiger partial charge on any atom is 0.221 e. The Labute approximate surface area is 119 Å². The normalized spacial score (nSPS) is 12.3. The molecule has 19 heavy (non-hydrogen) atoms. The molecule has 1 aromatic carbocycles. The van der Waals surface area contributed by atoms with Crippen LogP contribution < -0.4 is 11.1 Å². The lowest BCUT2D eigenvalue weighted by Crippen LogP contribution is -2.22. The number of carbonyl (C=O) groups is 1. The van der Waals surface area contributed by atoms with Crippen molar-refractivity contribution in [1.82, 2.24) is 5.32 Å². The molecular formula is C14H22N2O2S. The van der Waals surface area contributed by atoms with Gasteiger partial charge in [-0.05, 0) is 17.7 Å². The third-order valence-electron chi connectivity index (χ3n) is 2.70. The Morgan fingerprint density at radius 1 is 1.53 bits per heavy atom. The van der Waals surface area contributed by atoms with E-state index >= 15 is 0 Å². The van der Waals surface area contributed by atoms with Crippen LogP contribution >= 0.6 is 11.8 Å². The topological polar surface area (TPSA) is 64.3 Å². The van der Waals surface area contributed by atoms with Crippen LogP contribution in [-0.4, -0.2) is 31.9 Å². The number of ether oxygens (including phenoxy) is 1. The van der Waals surface area contributed by atoms with Crippen LogP contribution in [0.2, 0.25) is 0 Å². The predicted molar refractivity (Wildman–Crippen MR) is 79.1 cm³/mol. The molecule has 1 rings (SSSR count). The van der Waals surface area contributed by atoms with Gasteiger partial charge in [0.1, 0.15) is 0 Å². The molecule has 0 aliphatic rings. The summed E-state index contributed by atoms with van der Waals surface area (Å²) >= 11 is 1.66.